The van der Waals surface area contributed by atoms with Gasteiger partial charge in [-0.3, -0.25) is 9.47 Å². The summed E-state index contributed by atoms with van der Waals surface area (Å²) in [5.74, 6) is 0.922. The summed E-state index contributed by atoms with van der Waals surface area (Å²) >= 11 is 0. The van der Waals surface area contributed by atoms with Crippen molar-refractivity contribution in [2.24, 2.45) is 0 Å². The molecule has 1 aliphatic heterocycles. The van der Waals surface area contributed by atoms with Crippen molar-refractivity contribution in [2.75, 3.05) is 65.1 Å². The fraction of sp³-hybridized carbons (Fsp3) is 0.462. The highest BCUT2D eigenvalue weighted by molar-refractivity contribution is 6.05. The zero-order valence-corrected chi connectivity index (χ0v) is 20.9. The van der Waals surface area contributed by atoms with Gasteiger partial charge in [0, 0.05) is 84.7 Å². The summed E-state index contributed by atoms with van der Waals surface area (Å²) in [6, 6.07) is 7.72. The predicted molar refractivity (Wildman–Crippen MR) is 138 cm³/mol. The number of hydrogen-bond acceptors (Lipinski definition) is 9. The number of nitrogens with zero attached hydrogens (tertiary/aromatic N) is 6. The lowest BCUT2D eigenvalue weighted by molar-refractivity contribution is 0.169. The molecule has 0 radical (unpaired) electrons. The van der Waals surface area contributed by atoms with E-state index < -0.39 is 0 Å². The maximum absolute atomic E-state index is 13.1. The zero-order valence-electron chi connectivity index (χ0n) is 20.9. The van der Waals surface area contributed by atoms with Gasteiger partial charge in [-0.25, -0.2) is 14.8 Å². The number of hydrogen-bond donors (Lipinski definition) is 0. The molecular weight excluding hydrogens is 460 g/mol. The zero-order chi connectivity index (χ0) is 24.9. The number of furan rings is 1. The van der Waals surface area contributed by atoms with Crippen LogP contribution >= 0.6 is 0 Å². The molecule has 0 unspecified atom stereocenters. The van der Waals surface area contributed by atoms with E-state index in [2.05, 4.69) is 19.8 Å². The SMILES string of the molecule is COCCCN1CCN(c2ccc(-c3nc(=O)n(CCCOC)c4c3oc3ncccc34)cn2)CC1. The lowest BCUT2D eigenvalue weighted by Crippen LogP contribution is -2.47. The largest absolute Gasteiger partial charge is 0.434 e. The third kappa shape index (κ3) is 4.97. The van der Waals surface area contributed by atoms with Gasteiger partial charge in [-0.1, -0.05) is 0 Å². The van der Waals surface area contributed by atoms with Crippen molar-refractivity contribution in [1.82, 2.24) is 24.4 Å². The monoisotopic (exact) mass is 492 g/mol. The van der Waals surface area contributed by atoms with E-state index in [1.165, 1.54) is 0 Å². The summed E-state index contributed by atoms with van der Waals surface area (Å²) in [4.78, 5) is 31.3. The van der Waals surface area contributed by atoms with Gasteiger partial charge in [-0.05, 0) is 37.1 Å². The Kier molecular flexibility index (Phi) is 7.55. The number of fused-ring (bicyclic) bond motifs is 3. The molecule has 0 saturated carbocycles. The first-order chi connectivity index (χ1) is 17.7. The van der Waals surface area contributed by atoms with Crippen molar-refractivity contribution in [3.8, 4) is 11.3 Å². The molecule has 0 amide bonds. The van der Waals surface area contributed by atoms with Gasteiger partial charge < -0.3 is 18.8 Å². The van der Waals surface area contributed by atoms with Crippen molar-refractivity contribution in [2.45, 2.75) is 19.4 Å². The third-order valence-corrected chi connectivity index (χ3v) is 6.63. The van der Waals surface area contributed by atoms with Crippen LogP contribution in [0.2, 0.25) is 0 Å². The summed E-state index contributed by atoms with van der Waals surface area (Å²) in [6.07, 6.45) is 5.19. The number of ether oxygens (including phenoxy) is 2. The summed E-state index contributed by atoms with van der Waals surface area (Å²) in [7, 11) is 3.39. The quantitative estimate of drug-likeness (QED) is 0.310. The molecule has 1 saturated heterocycles. The summed E-state index contributed by atoms with van der Waals surface area (Å²) in [6.45, 7) is 6.74. The van der Waals surface area contributed by atoms with E-state index in [4.69, 9.17) is 18.9 Å². The topological polar surface area (TPSA) is 98.8 Å². The Hall–Kier alpha value is -3.34. The highest BCUT2D eigenvalue weighted by Gasteiger charge is 2.21. The Morgan fingerprint density at radius 2 is 1.75 bits per heavy atom. The van der Waals surface area contributed by atoms with Gasteiger partial charge in [0.15, 0.2) is 5.58 Å². The normalized spacial score (nSPS) is 14.8. The van der Waals surface area contributed by atoms with Crippen LogP contribution in [0.25, 0.3) is 33.5 Å². The van der Waals surface area contributed by atoms with Crippen LogP contribution in [0.4, 0.5) is 5.82 Å². The maximum atomic E-state index is 13.1. The van der Waals surface area contributed by atoms with Crippen LogP contribution < -0.4 is 10.6 Å². The van der Waals surface area contributed by atoms with Crippen LogP contribution in [-0.4, -0.2) is 84.6 Å². The average molecular weight is 493 g/mol. The predicted octanol–water partition coefficient (Wildman–Crippen LogP) is 2.79. The van der Waals surface area contributed by atoms with Gasteiger partial charge in [0.1, 0.15) is 17.0 Å². The number of anilines is 1. The Morgan fingerprint density at radius 3 is 2.47 bits per heavy atom. The molecule has 0 atom stereocenters. The number of rotatable bonds is 10. The number of aryl methyl sites for hydroxylation is 1. The highest BCUT2D eigenvalue weighted by Crippen LogP contribution is 2.33. The first kappa shape index (κ1) is 24.4. The molecule has 0 aliphatic carbocycles. The van der Waals surface area contributed by atoms with Gasteiger partial charge in [0.2, 0.25) is 5.71 Å². The third-order valence-electron chi connectivity index (χ3n) is 6.63. The van der Waals surface area contributed by atoms with Crippen LogP contribution in [0.15, 0.2) is 45.9 Å². The Labute approximate surface area is 209 Å². The average Bonchev–Trinajstić information content (AvgIpc) is 3.30. The van der Waals surface area contributed by atoms with E-state index in [9.17, 15) is 4.79 Å². The Balaban J connectivity index is 1.42. The van der Waals surface area contributed by atoms with E-state index >= 15 is 0 Å². The molecule has 5 rings (SSSR count). The van der Waals surface area contributed by atoms with E-state index in [0.717, 1.165) is 62.5 Å². The van der Waals surface area contributed by atoms with Crippen molar-refractivity contribution >= 4 is 28.0 Å². The minimum atomic E-state index is -0.325. The van der Waals surface area contributed by atoms with Gasteiger partial charge in [-0.2, -0.15) is 4.98 Å². The smallest absolute Gasteiger partial charge is 0.348 e. The van der Waals surface area contributed by atoms with Crippen LogP contribution in [0.3, 0.4) is 0 Å². The minimum Gasteiger partial charge on any atom is -0.434 e. The number of aromatic nitrogens is 4. The van der Waals surface area contributed by atoms with Crippen LogP contribution in [0.5, 0.6) is 0 Å². The summed E-state index contributed by atoms with van der Waals surface area (Å²) in [5.41, 5.74) is 2.63. The standard InChI is InChI=1S/C26H32N6O4/c1-34-16-4-10-30-12-14-31(15-13-30)21-8-7-19(18-28-21)22-24-23(20-6-3-9-27-25(20)36-24)32(26(33)29-22)11-5-17-35-2/h3,6-9,18H,4-5,10-17H2,1-2H3. The first-order valence-corrected chi connectivity index (χ1v) is 12.4. The molecule has 1 fully saturated rings. The van der Waals surface area contributed by atoms with Crippen LogP contribution in [0.1, 0.15) is 12.8 Å². The molecule has 10 heteroatoms. The molecule has 4 aromatic rings. The molecule has 190 valence electrons. The van der Waals surface area contributed by atoms with Crippen molar-refractivity contribution in [1.29, 1.82) is 0 Å². The van der Waals surface area contributed by atoms with Crippen molar-refractivity contribution < 1.29 is 13.9 Å². The van der Waals surface area contributed by atoms with Crippen molar-refractivity contribution in [3.63, 3.8) is 0 Å². The molecule has 5 heterocycles. The van der Waals surface area contributed by atoms with E-state index in [1.807, 2.05) is 24.3 Å². The lowest BCUT2D eigenvalue weighted by Gasteiger charge is -2.35. The summed E-state index contributed by atoms with van der Waals surface area (Å²) in [5, 5.41) is 0.790. The second-order valence-corrected chi connectivity index (χ2v) is 8.96. The molecule has 36 heavy (non-hydrogen) atoms. The molecule has 0 bridgehead atoms. The van der Waals surface area contributed by atoms with Crippen LogP contribution in [-0.2, 0) is 16.0 Å². The van der Waals surface area contributed by atoms with E-state index in [1.54, 1.807) is 31.2 Å². The fourth-order valence-corrected chi connectivity index (χ4v) is 4.77. The molecule has 0 N–H and O–H groups in total. The van der Waals surface area contributed by atoms with Crippen molar-refractivity contribution in [3.05, 3.63) is 47.1 Å². The lowest BCUT2D eigenvalue weighted by atomic mass is 10.1. The fourth-order valence-electron chi connectivity index (χ4n) is 4.77. The first-order valence-electron chi connectivity index (χ1n) is 12.4. The van der Waals surface area contributed by atoms with E-state index in [0.29, 0.717) is 42.1 Å². The molecule has 0 spiro atoms. The van der Waals surface area contributed by atoms with Gasteiger partial charge in [0.05, 0.1) is 5.39 Å². The molecular formula is C26H32N6O4. The van der Waals surface area contributed by atoms with Gasteiger partial charge in [0.25, 0.3) is 0 Å². The molecule has 10 nitrogen and oxygen atoms in total. The second kappa shape index (κ2) is 11.2. The Morgan fingerprint density at radius 1 is 0.972 bits per heavy atom. The summed E-state index contributed by atoms with van der Waals surface area (Å²) < 4.78 is 18.1. The highest BCUT2D eigenvalue weighted by atomic mass is 16.5. The number of piperazine rings is 1. The minimum absolute atomic E-state index is 0.325. The van der Waals surface area contributed by atoms with Gasteiger partial charge in [-0.15, -0.1) is 0 Å². The maximum Gasteiger partial charge on any atom is 0.348 e. The van der Waals surface area contributed by atoms with E-state index in [-0.39, 0.29) is 5.69 Å². The number of methoxy groups -OCH3 is 2. The van der Waals surface area contributed by atoms with Gasteiger partial charge >= 0.3 is 5.69 Å². The second-order valence-electron chi connectivity index (χ2n) is 8.96. The molecule has 4 aromatic heterocycles. The van der Waals surface area contributed by atoms with Crippen LogP contribution in [0, 0.1) is 0 Å². The molecule has 1 aliphatic rings. The number of pyridine rings is 2. The molecule has 0 aromatic carbocycles. The Bertz CT molecular complexity index is 1360.